The molecular weight excluding hydrogens is 228 g/mol. The van der Waals surface area contributed by atoms with Gasteiger partial charge in [0.15, 0.2) is 0 Å². The SMILES string of the molecule is CC(C)NC(=O)c1cncc(NCCN(C)C)c1. The van der Waals surface area contributed by atoms with E-state index in [0.29, 0.717) is 5.56 Å². The highest BCUT2D eigenvalue weighted by Crippen LogP contribution is 2.08. The van der Waals surface area contributed by atoms with Gasteiger partial charge in [0.1, 0.15) is 0 Å². The molecule has 0 bridgehead atoms. The summed E-state index contributed by atoms with van der Waals surface area (Å²) >= 11 is 0. The average Bonchev–Trinajstić information content (AvgIpc) is 2.28. The molecule has 1 aromatic heterocycles. The van der Waals surface area contributed by atoms with E-state index in [1.54, 1.807) is 12.4 Å². The highest BCUT2D eigenvalue weighted by molar-refractivity contribution is 5.94. The van der Waals surface area contributed by atoms with Crippen LogP contribution in [0.3, 0.4) is 0 Å². The molecule has 2 N–H and O–H groups in total. The van der Waals surface area contributed by atoms with Gasteiger partial charge in [-0.25, -0.2) is 0 Å². The summed E-state index contributed by atoms with van der Waals surface area (Å²) in [7, 11) is 4.04. The molecule has 0 saturated heterocycles. The van der Waals surface area contributed by atoms with Crippen molar-refractivity contribution in [1.29, 1.82) is 0 Å². The quantitative estimate of drug-likeness (QED) is 0.796. The first kappa shape index (κ1) is 14.4. The van der Waals surface area contributed by atoms with Crippen LogP contribution in [0.25, 0.3) is 0 Å². The van der Waals surface area contributed by atoms with Crippen molar-refractivity contribution in [1.82, 2.24) is 15.2 Å². The summed E-state index contributed by atoms with van der Waals surface area (Å²) in [5.41, 5.74) is 1.45. The number of carbonyl (C=O) groups is 1. The van der Waals surface area contributed by atoms with Crippen molar-refractivity contribution in [2.75, 3.05) is 32.5 Å². The van der Waals surface area contributed by atoms with E-state index in [-0.39, 0.29) is 11.9 Å². The lowest BCUT2D eigenvalue weighted by Gasteiger charge is -2.12. The second-order valence-electron chi connectivity index (χ2n) is 4.82. The third kappa shape index (κ3) is 5.14. The summed E-state index contributed by atoms with van der Waals surface area (Å²) in [4.78, 5) is 18.0. The fourth-order valence-electron chi connectivity index (χ4n) is 1.43. The van der Waals surface area contributed by atoms with E-state index < -0.39 is 0 Å². The topological polar surface area (TPSA) is 57.3 Å². The zero-order valence-corrected chi connectivity index (χ0v) is 11.5. The number of likely N-dealkylation sites (N-methyl/N-ethyl adjacent to an activating group) is 1. The Morgan fingerprint density at radius 3 is 2.72 bits per heavy atom. The molecule has 0 fully saturated rings. The summed E-state index contributed by atoms with van der Waals surface area (Å²) in [6, 6.07) is 1.95. The van der Waals surface area contributed by atoms with Gasteiger partial charge in [0, 0.05) is 31.5 Å². The van der Waals surface area contributed by atoms with Crippen LogP contribution in [0, 0.1) is 0 Å². The maximum absolute atomic E-state index is 11.8. The molecule has 0 spiro atoms. The first-order valence-electron chi connectivity index (χ1n) is 6.13. The van der Waals surface area contributed by atoms with Gasteiger partial charge in [-0.1, -0.05) is 0 Å². The van der Waals surface area contributed by atoms with Gasteiger partial charge < -0.3 is 15.5 Å². The van der Waals surface area contributed by atoms with Crippen LogP contribution < -0.4 is 10.6 Å². The molecular formula is C13H22N4O. The Hall–Kier alpha value is -1.62. The number of aromatic nitrogens is 1. The van der Waals surface area contributed by atoms with Crippen LogP contribution >= 0.6 is 0 Å². The second-order valence-corrected chi connectivity index (χ2v) is 4.82. The van der Waals surface area contributed by atoms with Gasteiger partial charge in [0.2, 0.25) is 0 Å². The zero-order chi connectivity index (χ0) is 13.5. The van der Waals surface area contributed by atoms with Crippen LogP contribution in [0.4, 0.5) is 5.69 Å². The molecule has 1 rings (SSSR count). The predicted octanol–water partition coefficient (Wildman–Crippen LogP) is 1.19. The summed E-state index contributed by atoms with van der Waals surface area (Å²) in [5, 5.41) is 6.09. The van der Waals surface area contributed by atoms with Crippen molar-refractivity contribution in [3.8, 4) is 0 Å². The van der Waals surface area contributed by atoms with Crippen LogP contribution in [-0.4, -0.2) is 49.0 Å². The molecule has 0 unspecified atom stereocenters. The maximum atomic E-state index is 11.8. The molecule has 1 amide bonds. The zero-order valence-electron chi connectivity index (χ0n) is 11.5. The molecule has 0 aliphatic carbocycles. The molecule has 0 saturated carbocycles. The summed E-state index contributed by atoms with van der Waals surface area (Å²) in [6.45, 7) is 5.63. The van der Waals surface area contributed by atoms with Gasteiger partial charge in [0.05, 0.1) is 11.3 Å². The van der Waals surface area contributed by atoms with E-state index >= 15 is 0 Å². The highest BCUT2D eigenvalue weighted by atomic mass is 16.1. The number of pyridine rings is 1. The smallest absolute Gasteiger partial charge is 0.253 e. The lowest BCUT2D eigenvalue weighted by molar-refractivity contribution is 0.0943. The Kier molecular flexibility index (Phi) is 5.58. The Labute approximate surface area is 109 Å². The monoisotopic (exact) mass is 250 g/mol. The van der Waals surface area contributed by atoms with Gasteiger partial charge in [-0.2, -0.15) is 0 Å². The minimum absolute atomic E-state index is 0.0891. The Morgan fingerprint density at radius 1 is 1.39 bits per heavy atom. The van der Waals surface area contributed by atoms with Crippen LogP contribution in [-0.2, 0) is 0 Å². The first-order valence-corrected chi connectivity index (χ1v) is 6.13. The summed E-state index contributed by atoms with van der Waals surface area (Å²) < 4.78 is 0. The molecule has 0 radical (unpaired) electrons. The standard InChI is InChI=1S/C13H22N4O/c1-10(2)16-13(18)11-7-12(9-14-8-11)15-5-6-17(3)4/h7-10,15H,5-6H2,1-4H3,(H,16,18). The van der Waals surface area contributed by atoms with Crippen LogP contribution in [0.1, 0.15) is 24.2 Å². The van der Waals surface area contributed by atoms with E-state index in [0.717, 1.165) is 18.8 Å². The summed E-state index contributed by atoms with van der Waals surface area (Å²) in [5.74, 6) is -0.0891. The van der Waals surface area contributed by atoms with E-state index in [1.807, 2.05) is 34.0 Å². The van der Waals surface area contributed by atoms with E-state index in [2.05, 4.69) is 20.5 Å². The Morgan fingerprint density at radius 2 is 2.11 bits per heavy atom. The largest absolute Gasteiger partial charge is 0.382 e. The number of amides is 1. The molecule has 18 heavy (non-hydrogen) atoms. The van der Waals surface area contributed by atoms with Crippen molar-refractivity contribution in [3.05, 3.63) is 24.0 Å². The number of nitrogens with one attached hydrogen (secondary N) is 2. The van der Waals surface area contributed by atoms with Gasteiger partial charge in [-0.15, -0.1) is 0 Å². The number of anilines is 1. The van der Waals surface area contributed by atoms with E-state index in [1.165, 1.54) is 0 Å². The fourth-order valence-corrected chi connectivity index (χ4v) is 1.43. The molecule has 1 aromatic rings. The number of hydrogen-bond donors (Lipinski definition) is 2. The van der Waals surface area contributed by atoms with Gasteiger partial charge in [-0.3, -0.25) is 9.78 Å². The van der Waals surface area contributed by atoms with Crippen molar-refractivity contribution < 1.29 is 4.79 Å². The Balaban J connectivity index is 2.59. The molecule has 5 heteroatoms. The lowest BCUT2D eigenvalue weighted by atomic mass is 10.2. The summed E-state index contributed by atoms with van der Waals surface area (Å²) in [6.07, 6.45) is 3.30. The third-order valence-electron chi connectivity index (χ3n) is 2.31. The molecule has 0 aromatic carbocycles. The van der Waals surface area contributed by atoms with Crippen LogP contribution in [0.2, 0.25) is 0 Å². The minimum atomic E-state index is -0.0891. The Bertz CT molecular complexity index is 390. The number of carbonyl (C=O) groups excluding carboxylic acids is 1. The van der Waals surface area contributed by atoms with Crippen LogP contribution in [0.5, 0.6) is 0 Å². The number of rotatable bonds is 6. The maximum Gasteiger partial charge on any atom is 0.253 e. The number of nitrogens with zero attached hydrogens (tertiary/aromatic N) is 2. The molecule has 0 aliphatic heterocycles. The van der Waals surface area contributed by atoms with Crippen molar-refractivity contribution in [3.63, 3.8) is 0 Å². The van der Waals surface area contributed by atoms with Crippen molar-refractivity contribution in [2.45, 2.75) is 19.9 Å². The molecule has 0 aliphatic rings. The van der Waals surface area contributed by atoms with E-state index in [4.69, 9.17) is 0 Å². The van der Waals surface area contributed by atoms with Crippen LogP contribution in [0.15, 0.2) is 18.5 Å². The lowest BCUT2D eigenvalue weighted by Crippen LogP contribution is -2.30. The van der Waals surface area contributed by atoms with Gasteiger partial charge >= 0.3 is 0 Å². The fraction of sp³-hybridized carbons (Fsp3) is 0.538. The minimum Gasteiger partial charge on any atom is -0.382 e. The second kappa shape index (κ2) is 6.96. The molecule has 1 heterocycles. The average molecular weight is 250 g/mol. The number of hydrogen-bond acceptors (Lipinski definition) is 4. The normalized spacial score (nSPS) is 10.8. The molecule has 0 atom stereocenters. The first-order chi connectivity index (χ1) is 8.49. The molecule has 5 nitrogen and oxygen atoms in total. The van der Waals surface area contributed by atoms with Gasteiger partial charge in [0.25, 0.3) is 5.91 Å². The van der Waals surface area contributed by atoms with Crippen molar-refractivity contribution >= 4 is 11.6 Å². The van der Waals surface area contributed by atoms with Gasteiger partial charge in [-0.05, 0) is 34.0 Å². The predicted molar refractivity (Wildman–Crippen MR) is 73.9 cm³/mol. The molecule has 100 valence electrons. The highest BCUT2D eigenvalue weighted by Gasteiger charge is 2.07. The van der Waals surface area contributed by atoms with E-state index in [9.17, 15) is 4.79 Å². The third-order valence-corrected chi connectivity index (χ3v) is 2.31. The van der Waals surface area contributed by atoms with Crippen molar-refractivity contribution in [2.24, 2.45) is 0 Å².